The maximum absolute atomic E-state index is 11.8. The van der Waals surface area contributed by atoms with Crippen LogP contribution in [0.3, 0.4) is 0 Å². The van der Waals surface area contributed by atoms with Crippen LogP contribution in [0.4, 0.5) is 5.69 Å². The third-order valence-corrected chi connectivity index (χ3v) is 3.17. The van der Waals surface area contributed by atoms with E-state index >= 15 is 0 Å². The summed E-state index contributed by atoms with van der Waals surface area (Å²) in [5, 5.41) is 9.26. The first kappa shape index (κ1) is 15.0. The van der Waals surface area contributed by atoms with Crippen LogP contribution in [0, 0.1) is 6.92 Å². The maximum atomic E-state index is 11.8. The third-order valence-electron chi connectivity index (χ3n) is 2.93. The molecule has 1 amide bonds. The first-order valence-corrected chi connectivity index (χ1v) is 7.01. The van der Waals surface area contributed by atoms with Crippen LogP contribution in [-0.4, -0.2) is 17.7 Å². The Morgan fingerprint density at radius 3 is 2.38 bits per heavy atom. The molecule has 0 heterocycles. The van der Waals surface area contributed by atoms with Gasteiger partial charge >= 0.3 is 0 Å². The van der Waals surface area contributed by atoms with Gasteiger partial charge in [0.15, 0.2) is 5.11 Å². The van der Waals surface area contributed by atoms with Gasteiger partial charge in [0.25, 0.3) is 5.91 Å². The monoisotopic (exact) mass is 299 g/mol. The molecule has 4 nitrogen and oxygen atoms in total. The molecule has 0 bridgehead atoms. The summed E-state index contributed by atoms with van der Waals surface area (Å²) in [6, 6.07) is 16.9. The lowest BCUT2D eigenvalue weighted by atomic mass is 10.2. The number of nitrogens with one attached hydrogen (secondary N) is 3. The zero-order chi connectivity index (χ0) is 15.1. The molecule has 0 aliphatic carbocycles. The molecule has 0 fully saturated rings. The second-order valence-electron chi connectivity index (χ2n) is 4.49. The average molecular weight is 299 g/mol. The van der Waals surface area contributed by atoms with E-state index in [1.165, 1.54) is 0 Å². The molecule has 0 atom stereocenters. The first-order valence-electron chi connectivity index (χ1n) is 6.60. The van der Waals surface area contributed by atoms with Gasteiger partial charge in [-0.3, -0.25) is 4.79 Å². The van der Waals surface area contributed by atoms with E-state index in [4.69, 9.17) is 12.2 Å². The van der Waals surface area contributed by atoms with E-state index in [-0.39, 0.29) is 12.6 Å². The molecule has 5 heteroatoms. The summed E-state index contributed by atoms with van der Waals surface area (Å²) in [4.78, 5) is 11.8. The lowest BCUT2D eigenvalue weighted by Crippen LogP contribution is -2.39. The largest absolute Gasteiger partial charge is 0.345 e. The quantitative estimate of drug-likeness (QED) is 0.600. The highest BCUT2D eigenvalue weighted by Crippen LogP contribution is 2.12. The Morgan fingerprint density at radius 2 is 1.67 bits per heavy atom. The van der Waals surface area contributed by atoms with Gasteiger partial charge in [-0.2, -0.15) is 0 Å². The van der Waals surface area contributed by atoms with E-state index < -0.39 is 0 Å². The molecule has 0 aliphatic heterocycles. The van der Waals surface area contributed by atoms with Gasteiger partial charge in [-0.1, -0.05) is 36.4 Å². The van der Waals surface area contributed by atoms with Crippen molar-refractivity contribution in [3.63, 3.8) is 0 Å². The topological polar surface area (TPSA) is 53.2 Å². The smallest absolute Gasteiger partial charge is 0.252 e. The fraction of sp³-hybridized carbons (Fsp3) is 0.125. The lowest BCUT2D eigenvalue weighted by molar-refractivity contribution is 0.0953. The molecule has 0 radical (unpaired) electrons. The summed E-state index contributed by atoms with van der Waals surface area (Å²) in [7, 11) is 0. The standard InChI is InChI=1S/C16H17N3OS/c1-12-7-5-6-10-14(12)19-16(21)18-11-17-15(20)13-8-3-2-4-9-13/h2-10H,11H2,1H3,(H,17,20)(H2,18,19,21). The van der Waals surface area contributed by atoms with Crippen LogP contribution >= 0.6 is 12.2 Å². The van der Waals surface area contributed by atoms with Crippen molar-refractivity contribution in [1.29, 1.82) is 0 Å². The Balaban J connectivity index is 1.77. The number of benzene rings is 2. The van der Waals surface area contributed by atoms with E-state index in [0.29, 0.717) is 10.7 Å². The van der Waals surface area contributed by atoms with Crippen LogP contribution in [0.15, 0.2) is 54.6 Å². The summed E-state index contributed by atoms with van der Waals surface area (Å²) >= 11 is 5.19. The van der Waals surface area contributed by atoms with Crippen molar-refractivity contribution in [3.05, 3.63) is 65.7 Å². The van der Waals surface area contributed by atoms with Gasteiger partial charge in [-0.25, -0.2) is 0 Å². The highest BCUT2D eigenvalue weighted by Gasteiger charge is 2.04. The molecular formula is C16H17N3OS. The van der Waals surface area contributed by atoms with Crippen LogP contribution in [-0.2, 0) is 0 Å². The molecule has 2 aromatic carbocycles. The van der Waals surface area contributed by atoms with Crippen molar-refractivity contribution in [2.75, 3.05) is 12.0 Å². The van der Waals surface area contributed by atoms with Crippen LogP contribution in [0.5, 0.6) is 0 Å². The van der Waals surface area contributed by atoms with Gasteiger partial charge in [0, 0.05) is 11.3 Å². The summed E-state index contributed by atoms with van der Waals surface area (Å²) in [6.07, 6.45) is 0. The molecule has 0 unspecified atom stereocenters. The fourth-order valence-electron chi connectivity index (χ4n) is 1.78. The second-order valence-corrected chi connectivity index (χ2v) is 4.90. The molecule has 0 saturated heterocycles. The van der Waals surface area contributed by atoms with Gasteiger partial charge in [0.05, 0.1) is 6.67 Å². The number of thiocarbonyl (C=S) groups is 1. The summed E-state index contributed by atoms with van der Waals surface area (Å²) in [5.74, 6) is -0.137. The predicted molar refractivity (Wildman–Crippen MR) is 89.3 cm³/mol. The Bertz CT molecular complexity index is 628. The average Bonchev–Trinajstić information content (AvgIpc) is 2.50. The third kappa shape index (κ3) is 4.57. The van der Waals surface area contributed by atoms with Gasteiger partial charge in [0.1, 0.15) is 0 Å². The highest BCUT2D eigenvalue weighted by molar-refractivity contribution is 7.80. The molecular weight excluding hydrogens is 282 g/mol. The number of hydrogen-bond acceptors (Lipinski definition) is 2. The molecule has 0 spiro atoms. The Hall–Kier alpha value is -2.40. The van der Waals surface area contributed by atoms with Crippen molar-refractivity contribution >= 4 is 28.9 Å². The highest BCUT2D eigenvalue weighted by atomic mass is 32.1. The number of rotatable bonds is 4. The number of carbonyl (C=O) groups excluding carboxylic acids is 1. The minimum Gasteiger partial charge on any atom is -0.345 e. The number of anilines is 1. The van der Waals surface area contributed by atoms with Crippen LogP contribution < -0.4 is 16.0 Å². The van der Waals surface area contributed by atoms with E-state index in [9.17, 15) is 4.79 Å². The number of para-hydroxylation sites is 1. The van der Waals surface area contributed by atoms with Crippen molar-refractivity contribution in [3.8, 4) is 0 Å². The Morgan fingerprint density at radius 1 is 1.00 bits per heavy atom. The molecule has 2 aromatic rings. The van der Waals surface area contributed by atoms with Crippen molar-refractivity contribution in [1.82, 2.24) is 10.6 Å². The zero-order valence-corrected chi connectivity index (χ0v) is 12.5. The fourth-order valence-corrected chi connectivity index (χ4v) is 1.96. The molecule has 0 saturated carbocycles. The number of aryl methyl sites for hydroxylation is 1. The van der Waals surface area contributed by atoms with Gasteiger partial charge in [-0.05, 0) is 42.9 Å². The van der Waals surface area contributed by atoms with Crippen LogP contribution in [0.25, 0.3) is 0 Å². The van der Waals surface area contributed by atoms with E-state index in [1.807, 2.05) is 49.4 Å². The van der Waals surface area contributed by atoms with Gasteiger partial charge in [-0.15, -0.1) is 0 Å². The molecule has 0 aromatic heterocycles. The van der Waals surface area contributed by atoms with E-state index in [1.54, 1.807) is 12.1 Å². The van der Waals surface area contributed by atoms with Crippen LogP contribution in [0.1, 0.15) is 15.9 Å². The number of amides is 1. The molecule has 108 valence electrons. The van der Waals surface area contributed by atoms with Gasteiger partial charge < -0.3 is 16.0 Å². The van der Waals surface area contributed by atoms with Crippen molar-refractivity contribution < 1.29 is 4.79 Å². The molecule has 0 aliphatic rings. The second kappa shape index (κ2) is 7.40. The minimum absolute atomic E-state index is 0.137. The predicted octanol–water partition coefficient (Wildman–Crippen LogP) is 2.67. The Labute approximate surface area is 129 Å². The van der Waals surface area contributed by atoms with Gasteiger partial charge in [0.2, 0.25) is 0 Å². The molecule has 2 rings (SSSR count). The lowest BCUT2D eigenvalue weighted by Gasteiger charge is -2.13. The minimum atomic E-state index is -0.137. The molecule has 21 heavy (non-hydrogen) atoms. The Kier molecular flexibility index (Phi) is 5.29. The summed E-state index contributed by atoms with van der Waals surface area (Å²) < 4.78 is 0. The van der Waals surface area contributed by atoms with E-state index in [2.05, 4.69) is 16.0 Å². The number of carbonyl (C=O) groups is 1. The number of hydrogen-bond donors (Lipinski definition) is 3. The maximum Gasteiger partial charge on any atom is 0.252 e. The van der Waals surface area contributed by atoms with Crippen molar-refractivity contribution in [2.24, 2.45) is 0 Å². The van der Waals surface area contributed by atoms with E-state index in [0.717, 1.165) is 11.3 Å². The van der Waals surface area contributed by atoms with Crippen molar-refractivity contribution in [2.45, 2.75) is 6.92 Å². The first-order chi connectivity index (χ1) is 10.2. The zero-order valence-electron chi connectivity index (χ0n) is 11.7. The summed E-state index contributed by atoms with van der Waals surface area (Å²) in [6.45, 7) is 2.27. The molecule has 3 N–H and O–H groups in total. The summed E-state index contributed by atoms with van der Waals surface area (Å²) in [5.41, 5.74) is 2.68. The SMILES string of the molecule is Cc1ccccc1NC(=S)NCNC(=O)c1ccccc1. The van der Waals surface area contributed by atoms with Crippen LogP contribution in [0.2, 0.25) is 0 Å². The normalized spacial score (nSPS) is 9.76.